The Morgan fingerprint density at radius 2 is 1.40 bits per heavy atom. The molecule has 272 valence electrons. The topological polar surface area (TPSA) is 79.0 Å². The van der Waals surface area contributed by atoms with Gasteiger partial charge in [0.2, 0.25) is 0 Å². The molecule has 0 aromatic heterocycles. The average Bonchev–Trinajstić information content (AvgIpc) is 3.20. The van der Waals surface area contributed by atoms with Crippen molar-refractivity contribution in [1.82, 2.24) is 5.32 Å². The number of nitrogens with one attached hydrogen (secondary N) is 1. The molecule has 3 aliphatic rings. The molecule has 6 aromatic carbocycles. The number of anilines is 2. The number of urea groups is 1. The second-order valence-electron chi connectivity index (χ2n) is 14.5. The molecule has 55 heavy (non-hydrogen) atoms. The van der Waals surface area contributed by atoms with Gasteiger partial charge in [-0.15, -0.1) is 0 Å². The Bertz CT molecular complexity index is 2460. The van der Waals surface area contributed by atoms with E-state index in [1.807, 2.05) is 54.6 Å². The molecule has 2 atom stereocenters. The maximum absolute atomic E-state index is 14.6. The van der Waals surface area contributed by atoms with E-state index in [0.29, 0.717) is 17.0 Å². The molecular weight excluding hydrogens is 750 g/mol. The van der Waals surface area contributed by atoms with Gasteiger partial charge in [-0.1, -0.05) is 113 Å². The first-order valence-corrected chi connectivity index (χ1v) is 19.5. The quantitative estimate of drug-likeness (QED) is 0.129. The van der Waals surface area contributed by atoms with E-state index in [0.717, 1.165) is 68.3 Å². The fourth-order valence-corrected chi connectivity index (χ4v) is 8.94. The largest absolute Gasteiger partial charge is 0.488 e. The van der Waals surface area contributed by atoms with Gasteiger partial charge in [-0.05, 0) is 94.8 Å². The van der Waals surface area contributed by atoms with Crippen molar-refractivity contribution >= 4 is 62.0 Å². The normalized spacial score (nSPS) is 18.7. The number of carbonyl (C=O) groups excluding carboxylic acids is 3. The third-order valence-corrected chi connectivity index (χ3v) is 11.8. The van der Waals surface area contributed by atoms with Gasteiger partial charge in [-0.2, -0.15) is 0 Å². The number of aryl methyl sites for hydroxylation is 1. The number of carbonyl (C=O) groups is 3. The molecule has 0 unspecified atom stereocenters. The summed E-state index contributed by atoms with van der Waals surface area (Å²) in [6.45, 7) is 4.18. The molecular formula is C47H38BrN3O4. The second kappa shape index (κ2) is 14.3. The third-order valence-electron chi connectivity index (χ3n) is 11.3. The zero-order chi connectivity index (χ0) is 37.6. The summed E-state index contributed by atoms with van der Waals surface area (Å²) in [4.78, 5) is 45.5. The maximum Gasteiger partial charge on any atom is 0.335 e. The Hall–Kier alpha value is -5.99. The van der Waals surface area contributed by atoms with Crippen LogP contribution in [0.3, 0.4) is 0 Å². The van der Waals surface area contributed by atoms with E-state index in [4.69, 9.17) is 4.74 Å². The highest BCUT2D eigenvalue weighted by Gasteiger charge is 2.40. The number of ether oxygens (including phenoxy) is 1. The minimum absolute atomic E-state index is 0.0759. The van der Waals surface area contributed by atoms with E-state index < -0.39 is 17.8 Å². The number of fused-ring (bicyclic) bond motifs is 1. The maximum atomic E-state index is 14.6. The number of imide groups is 2. The summed E-state index contributed by atoms with van der Waals surface area (Å²) in [6, 6.07) is 41.9. The number of hydrogen-bond acceptors (Lipinski definition) is 5. The average molecular weight is 789 g/mol. The van der Waals surface area contributed by atoms with Crippen molar-refractivity contribution in [2.24, 2.45) is 0 Å². The molecule has 4 amide bonds. The van der Waals surface area contributed by atoms with Crippen LogP contribution >= 0.6 is 15.9 Å². The van der Waals surface area contributed by atoms with Crippen LogP contribution in [-0.4, -0.2) is 30.9 Å². The van der Waals surface area contributed by atoms with Crippen LogP contribution in [0.5, 0.6) is 5.75 Å². The summed E-state index contributed by atoms with van der Waals surface area (Å²) in [5.74, 6) is -0.787. The van der Waals surface area contributed by atoms with Gasteiger partial charge < -0.3 is 9.64 Å². The van der Waals surface area contributed by atoms with Crippen molar-refractivity contribution in [1.29, 1.82) is 0 Å². The molecule has 9 rings (SSSR count). The minimum atomic E-state index is -0.771. The standard InChI is InChI=1S/C47H38BrN3O4/c1-29-16-17-32-14-8-9-15-36(32)42(29)28-55-43-19-18-34(48)24-33(43)25-41-45(52)49-47(54)51(46(41)53)35-26-39-37(30-10-4-2-5-11-30)20-22-50-23-21-38(40(27-35)44(39)50)31-12-6-3-7-13-31/h2-19,24-27,37-38H,20-23,28H2,1H3,(H,49,52,54)/b41-25+/t37-,38-/m0/s1. The molecule has 3 aliphatic heterocycles. The first kappa shape index (κ1) is 34.8. The molecule has 0 saturated carbocycles. The summed E-state index contributed by atoms with van der Waals surface area (Å²) in [5.41, 5.74) is 8.70. The van der Waals surface area contributed by atoms with Gasteiger partial charge in [0.15, 0.2) is 0 Å². The van der Waals surface area contributed by atoms with E-state index in [-0.39, 0.29) is 24.0 Å². The molecule has 0 radical (unpaired) electrons. The van der Waals surface area contributed by atoms with Crippen molar-refractivity contribution in [2.75, 3.05) is 22.9 Å². The van der Waals surface area contributed by atoms with Crippen LogP contribution in [0.1, 0.15) is 63.6 Å². The molecule has 1 saturated heterocycles. The highest BCUT2D eigenvalue weighted by molar-refractivity contribution is 9.10. The SMILES string of the molecule is Cc1ccc2ccccc2c1COc1ccc(Br)cc1/C=C1\C(=O)NC(=O)N(c2cc3c4c(c2)[C@H](c2ccccc2)CCN4CC[C@H]3c2ccccc2)C1=O. The number of benzene rings is 6. The Morgan fingerprint density at radius 1 is 0.764 bits per heavy atom. The van der Waals surface area contributed by atoms with Crippen LogP contribution in [0.4, 0.5) is 16.2 Å². The number of amides is 4. The van der Waals surface area contributed by atoms with Gasteiger partial charge in [-0.25, -0.2) is 9.69 Å². The van der Waals surface area contributed by atoms with Gasteiger partial charge in [0.1, 0.15) is 17.9 Å². The Kier molecular flexibility index (Phi) is 9.06. The lowest BCUT2D eigenvalue weighted by Crippen LogP contribution is -2.54. The van der Waals surface area contributed by atoms with E-state index >= 15 is 0 Å². The number of halogens is 1. The first-order valence-electron chi connectivity index (χ1n) is 18.7. The van der Waals surface area contributed by atoms with Gasteiger partial charge in [0, 0.05) is 46.2 Å². The molecule has 8 heteroatoms. The van der Waals surface area contributed by atoms with Crippen molar-refractivity contribution < 1.29 is 19.1 Å². The monoisotopic (exact) mass is 787 g/mol. The first-order chi connectivity index (χ1) is 26.8. The Morgan fingerprint density at radius 3 is 2.07 bits per heavy atom. The molecule has 0 bridgehead atoms. The van der Waals surface area contributed by atoms with Crippen LogP contribution in [-0.2, 0) is 16.2 Å². The second-order valence-corrected chi connectivity index (χ2v) is 15.4. The number of hydrogen-bond donors (Lipinski definition) is 1. The van der Waals surface area contributed by atoms with Crippen LogP contribution in [0.2, 0.25) is 0 Å². The van der Waals surface area contributed by atoms with Crippen LogP contribution < -0.4 is 19.9 Å². The van der Waals surface area contributed by atoms with E-state index in [1.54, 1.807) is 0 Å². The molecule has 7 nitrogen and oxygen atoms in total. The summed E-state index contributed by atoms with van der Waals surface area (Å²) >= 11 is 3.56. The summed E-state index contributed by atoms with van der Waals surface area (Å²) in [7, 11) is 0. The smallest absolute Gasteiger partial charge is 0.335 e. The van der Waals surface area contributed by atoms with Crippen molar-refractivity contribution in [2.45, 2.75) is 38.2 Å². The van der Waals surface area contributed by atoms with E-state index in [9.17, 15) is 14.4 Å². The highest BCUT2D eigenvalue weighted by Crippen LogP contribution is 2.50. The zero-order valence-electron chi connectivity index (χ0n) is 30.3. The third kappa shape index (κ3) is 6.40. The van der Waals surface area contributed by atoms with Crippen LogP contribution in [0, 0.1) is 6.92 Å². The molecule has 0 aliphatic carbocycles. The predicted octanol–water partition coefficient (Wildman–Crippen LogP) is 10.0. The Labute approximate surface area is 328 Å². The Balaban J connectivity index is 1.12. The lowest BCUT2D eigenvalue weighted by atomic mass is 9.76. The number of rotatable bonds is 7. The van der Waals surface area contributed by atoms with Crippen molar-refractivity contribution in [3.05, 3.63) is 176 Å². The summed E-state index contributed by atoms with van der Waals surface area (Å²) in [5, 5.41) is 4.69. The molecule has 3 heterocycles. The zero-order valence-corrected chi connectivity index (χ0v) is 31.9. The van der Waals surface area contributed by atoms with Gasteiger partial charge in [0.05, 0.1) is 5.69 Å². The van der Waals surface area contributed by atoms with E-state index in [2.05, 4.69) is 106 Å². The lowest BCUT2D eigenvalue weighted by Gasteiger charge is -2.44. The van der Waals surface area contributed by atoms with Crippen molar-refractivity contribution in [3.63, 3.8) is 0 Å². The molecule has 1 N–H and O–H groups in total. The summed E-state index contributed by atoms with van der Waals surface area (Å²) < 4.78 is 7.19. The number of nitrogens with zero attached hydrogens (tertiary/aromatic N) is 2. The molecule has 0 spiro atoms. The van der Waals surface area contributed by atoms with Gasteiger partial charge in [-0.3, -0.25) is 14.9 Å². The predicted molar refractivity (Wildman–Crippen MR) is 221 cm³/mol. The lowest BCUT2D eigenvalue weighted by molar-refractivity contribution is -0.122. The van der Waals surface area contributed by atoms with Crippen LogP contribution in [0.25, 0.3) is 16.8 Å². The van der Waals surface area contributed by atoms with Gasteiger partial charge >= 0.3 is 6.03 Å². The highest BCUT2D eigenvalue weighted by atomic mass is 79.9. The van der Waals surface area contributed by atoms with Crippen LogP contribution in [0.15, 0.2) is 137 Å². The molecule has 1 fully saturated rings. The minimum Gasteiger partial charge on any atom is -0.488 e. The molecule has 6 aromatic rings. The fraction of sp³-hybridized carbons (Fsp3) is 0.170. The van der Waals surface area contributed by atoms with Gasteiger partial charge in [0.25, 0.3) is 11.8 Å². The van der Waals surface area contributed by atoms with E-state index in [1.165, 1.54) is 22.9 Å². The van der Waals surface area contributed by atoms with Crippen molar-refractivity contribution in [3.8, 4) is 5.75 Å². The number of barbiturate groups is 1. The fourth-order valence-electron chi connectivity index (χ4n) is 8.57. The summed E-state index contributed by atoms with van der Waals surface area (Å²) in [6.07, 6.45) is 3.34.